The normalized spacial score (nSPS) is 21.8. The highest BCUT2D eigenvalue weighted by molar-refractivity contribution is 6.31. The van der Waals surface area contributed by atoms with E-state index in [1.807, 2.05) is 0 Å². The Morgan fingerprint density at radius 2 is 2.00 bits per heavy atom. The maximum atomic E-state index is 12.3. The van der Waals surface area contributed by atoms with Crippen LogP contribution in [0.3, 0.4) is 0 Å². The molecule has 0 radical (unpaired) electrons. The van der Waals surface area contributed by atoms with Gasteiger partial charge in [-0.3, -0.25) is 4.79 Å². The quantitative estimate of drug-likeness (QED) is 0.514. The molecule has 1 fully saturated rings. The van der Waals surface area contributed by atoms with E-state index in [9.17, 15) is 14.7 Å². The Morgan fingerprint density at radius 3 is 2.58 bits per heavy atom. The number of carboxylic acid groups (broad SMARTS) is 1. The van der Waals surface area contributed by atoms with Gasteiger partial charge >= 0.3 is 0 Å². The summed E-state index contributed by atoms with van der Waals surface area (Å²) in [4.78, 5) is 26.0. The number of nitrogens with one attached hydrogen (secondary N) is 3. The molecule has 1 aromatic carbocycles. The van der Waals surface area contributed by atoms with Gasteiger partial charge in [0.05, 0.1) is 32.2 Å². The van der Waals surface area contributed by atoms with Gasteiger partial charge in [-0.25, -0.2) is 0 Å². The molecule has 7 nitrogen and oxygen atoms in total. The number of rotatable bonds is 6. The molecule has 1 amide bonds. The molecule has 2 rings (SSSR count). The molecule has 0 aliphatic carbocycles. The Balaban J connectivity index is 2.03. The fourth-order valence-electron chi connectivity index (χ4n) is 2.91. The fraction of sp³-hybridized carbons (Fsp3) is 0.500. The van der Waals surface area contributed by atoms with Crippen LogP contribution in [0.25, 0.3) is 0 Å². The lowest BCUT2D eigenvalue weighted by Crippen LogP contribution is -3.29. The molecule has 1 atom stereocenters. The molecule has 1 heterocycles. The van der Waals surface area contributed by atoms with Crippen LogP contribution in [0.4, 0.5) is 5.69 Å². The van der Waals surface area contributed by atoms with Crippen molar-refractivity contribution in [3.63, 3.8) is 0 Å². The standard InChI is InChI=1S/C16H22ClN3O4/c1-19-5-7-20(8-6-19)13(16(22)23)10-15(21)18-12-9-11(17)3-4-14(12)24-2/h3-4,9,13H,5-8,10H2,1-2H3,(H,18,21)(H,22,23)/p+1/t13-/m0/s1. The largest absolute Gasteiger partial charge is 0.544 e. The second-order valence-electron chi connectivity index (χ2n) is 6.08. The van der Waals surface area contributed by atoms with Gasteiger partial charge in [-0.15, -0.1) is 0 Å². The van der Waals surface area contributed by atoms with Crippen molar-refractivity contribution >= 4 is 29.2 Å². The number of ether oxygens (including phenoxy) is 1. The van der Waals surface area contributed by atoms with Crippen molar-refractivity contribution in [3.8, 4) is 5.75 Å². The average Bonchev–Trinajstić information content (AvgIpc) is 2.53. The third-order valence-corrected chi connectivity index (χ3v) is 4.58. The maximum absolute atomic E-state index is 12.3. The number of benzene rings is 1. The van der Waals surface area contributed by atoms with E-state index in [4.69, 9.17) is 16.3 Å². The fourth-order valence-corrected chi connectivity index (χ4v) is 3.08. The molecular weight excluding hydrogens is 334 g/mol. The van der Waals surface area contributed by atoms with E-state index in [1.165, 1.54) is 12.0 Å². The third-order valence-electron chi connectivity index (χ3n) is 4.35. The Labute approximate surface area is 146 Å². The Kier molecular flexibility index (Phi) is 6.42. The Morgan fingerprint density at radius 1 is 1.33 bits per heavy atom. The molecule has 1 aromatic rings. The first-order chi connectivity index (χ1) is 11.4. The average molecular weight is 357 g/mol. The van der Waals surface area contributed by atoms with Crippen LogP contribution in [0.2, 0.25) is 5.02 Å². The van der Waals surface area contributed by atoms with Crippen LogP contribution in [-0.4, -0.2) is 58.3 Å². The van der Waals surface area contributed by atoms with Gasteiger partial charge in [0.15, 0.2) is 0 Å². The van der Waals surface area contributed by atoms with E-state index in [2.05, 4.69) is 12.4 Å². The van der Waals surface area contributed by atoms with Gasteiger partial charge in [-0.2, -0.15) is 0 Å². The predicted octanol–water partition coefficient (Wildman–Crippen LogP) is -2.79. The van der Waals surface area contributed by atoms with Crippen molar-refractivity contribution in [2.45, 2.75) is 12.5 Å². The summed E-state index contributed by atoms with van der Waals surface area (Å²) in [5.74, 6) is -1.13. The summed E-state index contributed by atoms with van der Waals surface area (Å²) in [6.45, 7) is 3.17. The zero-order chi connectivity index (χ0) is 17.7. The molecule has 0 bridgehead atoms. The number of piperazine rings is 1. The van der Waals surface area contributed by atoms with Gasteiger partial charge in [-0.1, -0.05) is 11.6 Å². The van der Waals surface area contributed by atoms with Gasteiger partial charge < -0.3 is 29.8 Å². The van der Waals surface area contributed by atoms with Gasteiger partial charge in [0, 0.05) is 5.02 Å². The number of aliphatic carboxylic acids is 1. The van der Waals surface area contributed by atoms with Crippen LogP contribution in [0.1, 0.15) is 6.42 Å². The van der Waals surface area contributed by atoms with E-state index in [-0.39, 0.29) is 6.42 Å². The molecule has 24 heavy (non-hydrogen) atoms. The zero-order valence-electron chi connectivity index (χ0n) is 13.9. The monoisotopic (exact) mass is 356 g/mol. The SMILES string of the molecule is COc1ccc(Cl)cc1NC(=O)C[C@@H](C(=O)[O-])[NH+]1CC[NH+](C)CC1. The second-order valence-corrected chi connectivity index (χ2v) is 6.52. The number of hydrogen-bond acceptors (Lipinski definition) is 4. The van der Waals surface area contributed by atoms with Crippen LogP contribution in [-0.2, 0) is 9.59 Å². The van der Waals surface area contributed by atoms with Crippen molar-refractivity contribution < 1.29 is 29.2 Å². The number of halogens is 1. The minimum Gasteiger partial charge on any atom is -0.544 e. The van der Waals surface area contributed by atoms with Crippen molar-refractivity contribution in [3.05, 3.63) is 23.2 Å². The van der Waals surface area contributed by atoms with Crippen molar-refractivity contribution in [1.29, 1.82) is 0 Å². The zero-order valence-corrected chi connectivity index (χ0v) is 14.6. The summed E-state index contributed by atoms with van der Waals surface area (Å²) < 4.78 is 5.17. The minimum atomic E-state index is -1.20. The van der Waals surface area contributed by atoms with Crippen LogP contribution in [0.5, 0.6) is 5.75 Å². The van der Waals surface area contributed by atoms with E-state index in [1.54, 1.807) is 18.2 Å². The number of anilines is 1. The first-order valence-corrected chi connectivity index (χ1v) is 8.28. The first-order valence-electron chi connectivity index (χ1n) is 7.91. The topological polar surface area (TPSA) is 87.3 Å². The van der Waals surface area contributed by atoms with Crippen LogP contribution in [0, 0.1) is 0 Å². The predicted molar refractivity (Wildman–Crippen MR) is 87.4 cm³/mol. The van der Waals surface area contributed by atoms with Crippen LogP contribution >= 0.6 is 11.6 Å². The number of likely N-dealkylation sites (N-methyl/N-ethyl adjacent to an activating group) is 1. The van der Waals surface area contributed by atoms with Crippen LogP contribution in [0.15, 0.2) is 18.2 Å². The van der Waals surface area contributed by atoms with E-state index in [0.29, 0.717) is 29.5 Å². The number of methoxy groups -OCH3 is 1. The van der Waals surface area contributed by atoms with Crippen LogP contribution < -0.4 is 25.0 Å². The Hall–Kier alpha value is -1.83. The molecule has 0 unspecified atom stereocenters. The molecule has 0 spiro atoms. The van der Waals surface area contributed by atoms with Gasteiger partial charge in [0.2, 0.25) is 5.91 Å². The minimum absolute atomic E-state index is 0.146. The summed E-state index contributed by atoms with van der Waals surface area (Å²) in [7, 11) is 3.56. The number of carbonyl (C=O) groups excluding carboxylic acids is 2. The highest BCUT2D eigenvalue weighted by Gasteiger charge is 2.31. The molecule has 1 aliphatic heterocycles. The molecule has 132 valence electrons. The molecule has 8 heteroatoms. The summed E-state index contributed by atoms with van der Waals surface area (Å²) in [6, 6.07) is 4.00. The molecule has 1 saturated heterocycles. The molecule has 0 aromatic heterocycles. The maximum Gasteiger partial charge on any atom is 0.230 e. The highest BCUT2D eigenvalue weighted by Crippen LogP contribution is 2.27. The van der Waals surface area contributed by atoms with Gasteiger partial charge in [0.1, 0.15) is 38.0 Å². The number of carbonyl (C=O) groups is 2. The number of amides is 1. The lowest BCUT2D eigenvalue weighted by Gasteiger charge is -2.33. The molecule has 3 N–H and O–H groups in total. The van der Waals surface area contributed by atoms with Crippen molar-refractivity contribution in [2.75, 3.05) is 45.7 Å². The summed E-state index contributed by atoms with van der Waals surface area (Å²) in [6.07, 6.45) is -0.146. The van der Waals surface area contributed by atoms with E-state index < -0.39 is 17.9 Å². The molecule has 1 aliphatic rings. The Bertz CT molecular complexity index is 603. The van der Waals surface area contributed by atoms with E-state index in [0.717, 1.165) is 18.0 Å². The summed E-state index contributed by atoms with van der Waals surface area (Å²) in [5, 5.41) is 14.6. The smallest absolute Gasteiger partial charge is 0.230 e. The lowest BCUT2D eigenvalue weighted by atomic mass is 10.1. The van der Waals surface area contributed by atoms with Gasteiger partial charge in [0.25, 0.3) is 0 Å². The summed E-state index contributed by atoms with van der Waals surface area (Å²) >= 11 is 5.93. The highest BCUT2D eigenvalue weighted by atomic mass is 35.5. The number of hydrogen-bond donors (Lipinski definition) is 3. The van der Waals surface area contributed by atoms with Gasteiger partial charge in [-0.05, 0) is 18.2 Å². The second kappa shape index (κ2) is 8.32. The third kappa shape index (κ3) is 4.83. The van der Waals surface area contributed by atoms with E-state index >= 15 is 0 Å². The summed E-state index contributed by atoms with van der Waals surface area (Å²) in [5.41, 5.74) is 0.421. The lowest BCUT2D eigenvalue weighted by molar-refractivity contribution is -1.01. The number of carboxylic acids is 1. The number of quaternary nitrogens is 2. The first kappa shape index (κ1) is 18.5. The van der Waals surface area contributed by atoms with Crippen molar-refractivity contribution in [1.82, 2.24) is 0 Å². The molecule has 0 saturated carbocycles. The molecular formula is C16H23ClN3O4+. The van der Waals surface area contributed by atoms with Crippen molar-refractivity contribution in [2.24, 2.45) is 0 Å².